The molecule has 33 heavy (non-hydrogen) atoms. The summed E-state index contributed by atoms with van der Waals surface area (Å²) in [6.45, 7) is 3.72. The monoisotopic (exact) mass is 490 g/mol. The summed E-state index contributed by atoms with van der Waals surface area (Å²) in [6.07, 6.45) is -8.38. The molecule has 2 fully saturated rings. The fourth-order valence-electron chi connectivity index (χ4n) is 4.65. The molecule has 3 aliphatic heterocycles. The number of rotatable bonds is 4. The molecule has 2 aromatic rings. The van der Waals surface area contributed by atoms with Crippen LogP contribution >= 0.6 is 11.9 Å². The van der Waals surface area contributed by atoms with Crippen molar-refractivity contribution in [1.29, 1.82) is 0 Å². The quantitative estimate of drug-likeness (QED) is 0.663. The zero-order valence-corrected chi connectivity index (χ0v) is 18.5. The standard InChI is InChI=1S/C21H23F5N4O2S/c1-10-14-6-29(7-17(14)28-30(10)33-12-8-31-9-12)18-5-16(27)19(32-20(18)21(24,25)26)13-4-11(22)2-3-15(13)23/h2-4,12,16,18-20H,5-9,27H2,1H3/t16?,18?,19-,20?/m1/s1. The molecule has 0 spiro atoms. The smallest absolute Gasteiger partial charge is 0.379 e. The van der Waals surface area contributed by atoms with Crippen LogP contribution in [-0.2, 0) is 22.6 Å². The summed E-state index contributed by atoms with van der Waals surface area (Å²) in [7, 11) is 0. The van der Waals surface area contributed by atoms with Crippen LogP contribution in [0.4, 0.5) is 22.0 Å². The van der Waals surface area contributed by atoms with Crippen molar-refractivity contribution in [2.75, 3.05) is 13.2 Å². The minimum atomic E-state index is -4.71. The zero-order chi connectivity index (χ0) is 23.5. The normalized spacial score (nSPS) is 28.7. The first-order chi connectivity index (χ1) is 15.6. The van der Waals surface area contributed by atoms with Crippen molar-refractivity contribution in [2.24, 2.45) is 5.73 Å². The molecule has 3 unspecified atom stereocenters. The third kappa shape index (κ3) is 4.27. The predicted octanol–water partition coefficient (Wildman–Crippen LogP) is 3.47. The number of hydrogen-bond acceptors (Lipinski definition) is 6. The Kier molecular flexibility index (Phi) is 5.93. The average Bonchev–Trinajstić information content (AvgIpc) is 3.25. The molecule has 0 radical (unpaired) electrons. The molecule has 0 aliphatic carbocycles. The lowest BCUT2D eigenvalue weighted by Crippen LogP contribution is -2.58. The van der Waals surface area contributed by atoms with Crippen molar-refractivity contribution in [1.82, 2.24) is 14.1 Å². The summed E-state index contributed by atoms with van der Waals surface area (Å²) in [5.74, 6) is -1.62. The lowest BCUT2D eigenvalue weighted by molar-refractivity contribution is -0.269. The van der Waals surface area contributed by atoms with Crippen molar-refractivity contribution in [3.8, 4) is 0 Å². The Morgan fingerprint density at radius 2 is 1.94 bits per heavy atom. The van der Waals surface area contributed by atoms with Gasteiger partial charge < -0.3 is 15.2 Å². The van der Waals surface area contributed by atoms with E-state index in [1.807, 2.05) is 11.0 Å². The fraction of sp³-hybridized carbons (Fsp3) is 0.571. The molecule has 4 heterocycles. The molecule has 0 amide bonds. The van der Waals surface area contributed by atoms with E-state index in [0.29, 0.717) is 18.5 Å². The van der Waals surface area contributed by atoms with Gasteiger partial charge in [-0.1, -0.05) is 0 Å². The van der Waals surface area contributed by atoms with Gasteiger partial charge in [0.1, 0.15) is 17.7 Å². The van der Waals surface area contributed by atoms with Crippen LogP contribution in [0.5, 0.6) is 0 Å². The number of hydrogen-bond donors (Lipinski definition) is 1. The first-order valence-electron chi connectivity index (χ1n) is 10.6. The second-order valence-electron chi connectivity index (χ2n) is 8.71. The number of nitrogens with two attached hydrogens (primary N) is 1. The number of halogens is 5. The van der Waals surface area contributed by atoms with Crippen LogP contribution in [0.2, 0.25) is 0 Å². The van der Waals surface area contributed by atoms with Gasteiger partial charge in [-0.15, -0.1) is 0 Å². The van der Waals surface area contributed by atoms with Crippen LogP contribution in [0.25, 0.3) is 0 Å². The number of aromatic nitrogens is 2. The lowest BCUT2D eigenvalue weighted by atomic mass is 9.89. The maximum absolute atomic E-state index is 14.3. The maximum atomic E-state index is 14.3. The molecular formula is C21H23F5N4O2S. The zero-order valence-electron chi connectivity index (χ0n) is 17.7. The summed E-state index contributed by atoms with van der Waals surface area (Å²) in [5, 5.41) is 4.90. The number of fused-ring (bicyclic) bond motifs is 1. The maximum Gasteiger partial charge on any atom is 0.416 e. The van der Waals surface area contributed by atoms with E-state index in [1.165, 1.54) is 0 Å². The average molecular weight is 490 g/mol. The minimum absolute atomic E-state index is 0.0811. The highest BCUT2D eigenvalue weighted by molar-refractivity contribution is 7.98. The first kappa shape index (κ1) is 23.0. The van der Waals surface area contributed by atoms with Gasteiger partial charge in [0.15, 0.2) is 6.10 Å². The van der Waals surface area contributed by atoms with Crippen LogP contribution in [0.3, 0.4) is 0 Å². The SMILES string of the molecule is Cc1c2c(nn1SC1COC1)CN(C1CC(N)[C@@H](c3cc(F)ccc3F)OC1C(F)(F)F)C2. The molecule has 6 nitrogen and oxygen atoms in total. The van der Waals surface area contributed by atoms with Gasteiger partial charge in [0.2, 0.25) is 0 Å². The molecule has 3 aliphatic rings. The second kappa shape index (κ2) is 8.49. The number of ether oxygens (including phenoxy) is 2. The summed E-state index contributed by atoms with van der Waals surface area (Å²) in [5.41, 5.74) is 8.38. The van der Waals surface area contributed by atoms with E-state index in [1.54, 1.807) is 16.8 Å². The van der Waals surface area contributed by atoms with Gasteiger partial charge in [-0.3, -0.25) is 4.90 Å². The van der Waals surface area contributed by atoms with Gasteiger partial charge in [0.25, 0.3) is 0 Å². The molecule has 0 saturated carbocycles. The second-order valence-corrected chi connectivity index (χ2v) is 9.93. The van der Waals surface area contributed by atoms with Gasteiger partial charge in [0.05, 0.1) is 29.9 Å². The fourth-order valence-corrected chi connectivity index (χ4v) is 5.67. The van der Waals surface area contributed by atoms with Gasteiger partial charge in [-0.2, -0.15) is 18.3 Å². The largest absolute Gasteiger partial charge is 0.416 e. The van der Waals surface area contributed by atoms with Crippen molar-refractivity contribution in [2.45, 2.75) is 62.2 Å². The third-order valence-corrected chi connectivity index (χ3v) is 7.58. The molecule has 1 aromatic carbocycles. The molecule has 12 heteroatoms. The van der Waals surface area contributed by atoms with Crippen molar-refractivity contribution < 1.29 is 31.4 Å². The number of alkyl halides is 3. The van der Waals surface area contributed by atoms with Crippen LogP contribution in [0, 0.1) is 18.6 Å². The number of nitrogens with zero attached hydrogens (tertiary/aromatic N) is 3. The van der Waals surface area contributed by atoms with Gasteiger partial charge >= 0.3 is 6.18 Å². The lowest BCUT2D eigenvalue weighted by Gasteiger charge is -2.44. The molecule has 4 atom stereocenters. The van der Waals surface area contributed by atoms with E-state index < -0.39 is 42.1 Å². The molecular weight excluding hydrogens is 467 g/mol. The molecule has 5 rings (SSSR count). The summed E-state index contributed by atoms with van der Waals surface area (Å²) in [6, 6.07) is 0.604. The van der Waals surface area contributed by atoms with Crippen LogP contribution < -0.4 is 5.73 Å². The minimum Gasteiger partial charge on any atom is -0.379 e. The van der Waals surface area contributed by atoms with Crippen LogP contribution in [0.1, 0.15) is 35.0 Å². The molecule has 1 aromatic heterocycles. The van der Waals surface area contributed by atoms with E-state index >= 15 is 0 Å². The van der Waals surface area contributed by atoms with Crippen molar-refractivity contribution >= 4 is 11.9 Å². The molecule has 2 N–H and O–H groups in total. The third-order valence-electron chi connectivity index (χ3n) is 6.46. The first-order valence-corrected chi connectivity index (χ1v) is 11.4. The Morgan fingerprint density at radius 3 is 2.58 bits per heavy atom. The molecule has 180 valence electrons. The Bertz CT molecular complexity index is 1040. The van der Waals surface area contributed by atoms with Crippen molar-refractivity contribution in [3.05, 3.63) is 52.3 Å². The Hall–Kier alpha value is -1.73. The topological polar surface area (TPSA) is 65.5 Å². The molecule has 0 bridgehead atoms. The summed E-state index contributed by atoms with van der Waals surface area (Å²) < 4.78 is 82.4. The van der Waals surface area contributed by atoms with Crippen LogP contribution in [0.15, 0.2) is 18.2 Å². The van der Waals surface area contributed by atoms with Gasteiger partial charge in [0, 0.05) is 36.3 Å². The van der Waals surface area contributed by atoms with E-state index in [4.69, 9.17) is 15.2 Å². The van der Waals surface area contributed by atoms with Crippen LogP contribution in [-0.4, -0.2) is 56.9 Å². The summed E-state index contributed by atoms with van der Waals surface area (Å²) in [4.78, 5) is 1.67. The van der Waals surface area contributed by atoms with Crippen molar-refractivity contribution in [3.63, 3.8) is 0 Å². The molecule has 2 saturated heterocycles. The van der Waals surface area contributed by atoms with E-state index in [-0.39, 0.29) is 25.1 Å². The number of benzene rings is 1. The van der Waals surface area contributed by atoms with E-state index in [9.17, 15) is 22.0 Å². The Labute approximate surface area is 191 Å². The Balaban J connectivity index is 1.37. The predicted molar refractivity (Wildman–Crippen MR) is 110 cm³/mol. The Morgan fingerprint density at radius 1 is 1.18 bits per heavy atom. The van der Waals surface area contributed by atoms with E-state index in [0.717, 1.165) is 35.2 Å². The van der Waals surface area contributed by atoms with Gasteiger partial charge in [-0.25, -0.2) is 12.9 Å². The highest BCUT2D eigenvalue weighted by atomic mass is 32.2. The highest BCUT2D eigenvalue weighted by Gasteiger charge is 2.54. The van der Waals surface area contributed by atoms with E-state index in [2.05, 4.69) is 5.10 Å². The highest BCUT2D eigenvalue weighted by Crippen LogP contribution is 2.43. The van der Waals surface area contributed by atoms with Gasteiger partial charge in [-0.05, 0) is 43.5 Å². The summed E-state index contributed by atoms with van der Waals surface area (Å²) >= 11 is 1.55.